The van der Waals surface area contributed by atoms with Crippen molar-refractivity contribution in [3.8, 4) is 0 Å². The summed E-state index contributed by atoms with van der Waals surface area (Å²) in [6.45, 7) is 0. The van der Waals surface area contributed by atoms with Crippen LogP contribution in [0, 0.1) is 0 Å². The van der Waals surface area contributed by atoms with Gasteiger partial charge in [-0.1, -0.05) is 114 Å². The molecule has 0 fully saturated rings. The number of rotatable bonds is 5. The number of nitrogens with one attached hydrogen (secondary N) is 1. The number of hydrogen-bond acceptors (Lipinski definition) is 3. The van der Waals surface area contributed by atoms with E-state index in [2.05, 4.69) is 51.9 Å². The number of halogens is 2. The molecule has 0 saturated carbocycles. The first-order valence-corrected chi connectivity index (χ1v) is 9.59. The highest BCUT2D eigenvalue weighted by Crippen LogP contribution is 2.41. The Balaban J connectivity index is 2.02. The Morgan fingerprint density at radius 3 is 1.46 bits per heavy atom. The molecule has 0 bridgehead atoms. The summed E-state index contributed by atoms with van der Waals surface area (Å²) in [5.74, 6) is 0. The zero-order valence-corrected chi connectivity index (χ0v) is 16.4. The Bertz CT molecular complexity index is 958. The van der Waals surface area contributed by atoms with E-state index < -0.39 is 5.54 Å². The predicted octanol–water partition coefficient (Wildman–Crippen LogP) is 6.19. The lowest BCUT2D eigenvalue weighted by atomic mass is 9.77. The highest BCUT2D eigenvalue weighted by atomic mass is 35.5. The first-order chi connectivity index (χ1) is 13.7. The van der Waals surface area contributed by atoms with Crippen LogP contribution in [0.1, 0.15) is 16.7 Å². The average molecular weight is 406 g/mol. The van der Waals surface area contributed by atoms with Crippen LogP contribution < -0.4 is 5.32 Å². The largest absolute Gasteiger partial charge is 0.365 e. The molecule has 138 valence electrons. The van der Waals surface area contributed by atoms with Gasteiger partial charge in [-0.05, 0) is 16.7 Å². The zero-order valence-electron chi connectivity index (χ0n) is 14.9. The minimum Gasteiger partial charge on any atom is -0.365 e. The van der Waals surface area contributed by atoms with Crippen molar-refractivity contribution in [2.45, 2.75) is 5.54 Å². The molecule has 1 N–H and O–H groups in total. The van der Waals surface area contributed by atoms with Crippen molar-refractivity contribution in [3.05, 3.63) is 124 Å². The van der Waals surface area contributed by atoms with Crippen LogP contribution in [0.15, 0.2) is 97.1 Å². The lowest BCUT2D eigenvalue weighted by molar-refractivity contribution is 0.710. The number of benzene rings is 3. The molecule has 0 saturated heterocycles. The first kappa shape index (κ1) is 18.5. The van der Waals surface area contributed by atoms with Crippen molar-refractivity contribution in [2.24, 2.45) is 0 Å². The second-order valence-corrected chi connectivity index (χ2v) is 7.09. The van der Waals surface area contributed by atoms with Gasteiger partial charge in [0.2, 0.25) is 0 Å². The second-order valence-electron chi connectivity index (χ2n) is 6.34. The van der Waals surface area contributed by atoms with E-state index in [9.17, 15) is 0 Å². The van der Waals surface area contributed by atoms with Crippen LogP contribution in [0.25, 0.3) is 0 Å². The summed E-state index contributed by atoms with van der Waals surface area (Å²) in [5.41, 5.74) is 3.11. The second kappa shape index (κ2) is 8.01. The Morgan fingerprint density at radius 1 is 0.607 bits per heavy atom. The molecule has 3 aromatic carbocycles. The molecule has 0 aliphatic heterocycles. The summed E-state index contributed by atoms with van der Waals surface area (Å²) in [4.78, 5) is 0. The molecule has 4 rings (SSSR count). The minimum atomic E-state index is -0.695. The SMILES string of the molecule is Clc1cc(NC(c2ccccc2)(c2ccccc2)c2ccccc2)c(Cl)nn1. The standard InChI is InChI=1S/C23H17Cl2N3/c24-21-16-20(22(25)28-27-21)26-23(17-10-4-1-5-11-17,18-12-6-2-7-13-18)19-14-8-3-9-15-19/h1-16H,(H,26,27). The third-order valence-corrected chi connectivity index (χ3v) is 5.13. The maximum atomic E-state index is 6.37. The molecule has 0 atom stereocenters. The molecule has 0 unspecified atom stereocenters. The van der Waals surface area contributed by atoms with Gasteiger partial charge in [-0.25, -0.2) is 0 Å². The molecule has 0 spiro atoms. The van der Waals surface area contributed by atoms with Gasteiger partial charge in [0, 0.05) is 6.07 Å². The number of nitrogens with zero attached hydrogens (tertiary/aromatic N) is 2. The Hall–Kier alpha value is -2.88. The number of hydrogen-bond donors (Lipinski definition) is 1. The van der Waals surface area contributed by atoms with Gasteiger partial charge in [0.05, 0.1) is 5.69 Å². The Morgan fingerprint density at radius 2 is 1.04 bits per heavy atom. The molecule has 0 aliphatic rings. The summed E-state index contributed by atoms with van der Waals surface area (Å²) in [7, 11) is 0. The normalized spacial score (nSPS) is 11.2. The molecule has 0 aliphatic carbocycles. The van der Waals surface area contributed by atoms with Crippen LogP contribution >= 0.6 is 23.2 Å². The first-order valence-electron chi connectivity index (χ1n) is 8.83. The summed E-state index contributed by atoms with van der Waals surface area (Å²) in [5, 5.41) is 12.0. The number of aromatic nitrogens is 2. The van der Waals surface area contributed by atoms with Crippen LogP contribution in [0.4, 0.5) is 5.69 Å². The van der Waals surface area contributed by atoms with Crippen molar-refractivity contribution in [1.82, 2.24) is 10.2 Å². The lowest BCUT2D eigenvalue weighted by Gasteiger charge is -2.38. The monoisotopic (exact) mass is 405 g/mol. The topological polar surface area (TPSA) is 37.8 Å². The Kier molecular flexibility index (Phi) is 5.29. The third kappa shape index (κ3) is 3.47. The lowest BCUT2D eigenvalue weighted by Crippen LogP contribution is -2.38. The van der Waals surface area contributed by atoms with Gasteiger partial charge in [-0.3, -0.25) is 0 Å². The molecule has 1 heterocycles. The van der Waals surface area contributed by atoms with Gasteiger partial charge in [-0.2, -0.15) is 0 Å². The highest BCUT2D eigenvalue weighted by molar-refractivity contribution is 6.33. The fraction of sp³-hybridized carbons (Fsp3) is 0.0435. The zero-order chi connectivity index (χ0) is 19.4. The third-order valence-electron chi connectivity index (χ3n) is 4.66. The predicted molar refractivity (Wildman–Crippen MR) is 115 cm³/mol. The maximum Gasteiger partial charge on any atom is 0.174 e. The fourth-order valence-electron chi connectivity index (χ4n) is 3.42. The van der Waals surface area contributed by atoms with Crippen molar-refractivity contribution in [1.29, 1.82) is 0 Å². The van der Waals surface area contributed by atoms with E-state index in [-0.39, 0.29) is 10.3 Å². The van der Waals surface area contributed by atoms with Crippen molar-refractivity contribution in [3.63, 3.8) is 0 Å². The van der Waals surface area contributed by atoms with E-state index in [1.54, 1.807) is 6.07 Å². The van der Waals surface area contributed by atoms with Crippen molar-refractivity contribution < 1.29 is 0 Å². The molecular weight excluding hydrogens is 389 g/mol. The smallest absolute Gasteiger partial charge is 0.174 e. The molecule has 3 nitrogen and oxygen atoms in total. The summed E-state index contributed by atoms with van der Waals surface area (Å²) in [6.07, 6.45) is 0. The van der Waals surface area contributed by atoms with Gasteiger partial charge in [0.1, 0.15) is 5.54 Å². The molecule has 0 radical (unpaired) electrons. The van der Waals surface area contributed by atoms with E-state index in [0.29, 0.717) is 5.69 Å². The quantitative estimate of drug-likeness (QED) is 0.402. The van der Waals surface area contributed by atoms with Crippen molar-refractivity contribution >= 4 is 28.9 Å². The van der Waals surface area contributed by atoms with Gasteiger partial charge >= 0.3 is 0 Å². The summed E-state index contributed by atoms with van der Waals surface area (Å²) >= 11 is 12.5. The van der Waals surface area contributed by atoms with Crippen LogP contribution in [0.5, 0.6) is 0 Å². The van der Waals surface area contributed by atoms with Gasteiger partial charge < -0.3 is 5.32 Å². The van der Waals surface area contributed by atoms with Gasteiger partial charge in [-0.15, -0.1) is 10.2 Å². The van der Waals surface area contributed by atoms with E-state index >= 15 is 0 Å². The molecule has 1 aromatic heterocycles. The molecule has 0 amide bonds. The molecular formula is C23H17Cl2N3. The van der Waals surface area contributed by atoms with Gasteiger partial charge in [0.25, 0.3) is 0 Å². The average Bonchev–Trinajstić information content (AvgIpc) is 2.76. The molecule has 28 heavy (non-hydrogen) atoms. The maximum absolute atomic E-state index is 6.37. The highest BCUT2D eigenvalue weighted by Gasteiger charge is 2.37. The minimum absolute atomic E-state index is 0.261. The Labute approximate surface area is 174 Å². The van der Waals surface area contributed by atoms with E-state index in [0.717, 1.165) is 16.7 Å². The fourth-order valence-corrected chi connectivity index (χ4v) is 3.71. The van der Waals surface area contributed by atoms with E-state index in [1.807, 2.05) is 54.6 Å². The molecule has 4 aromatic rings. The number of anilines is 1. The van der Waals surface area contributed by atoms with E-state index in [1.165, 1.54) is 0 Å². The summed E-state index contributed by atoms with van der Waals surface area (Å²) in [6, 6.07) is 32.4. The van der Waals surface area contributed by atoms with Gasteiger partial charge in [0.15, 0.2) is 10.3 Å². The van der Waals surface area contributed by atoms with E-state index in [4.69, 9.17) is 23.2 Å². The summed E-state index contributed by atoms with van der Waals surface area (Å²) < 4.78 is 0. The van der Waals surface area contributed by atoms with Crippen LogP contribution in [-0.2, 0) is 5.54 Å². The van der Waals surface area contributed by atoms with Crippen LogP contribution in [0.2, 0.25) is 10.3 Å². The van der Waals surface area contributed by atoms with Crippen molar-refractivity contribution in [2.75, 3.05) is 5.32 Å². The van der Waals surface area contributed by atoms with Crippen LogP contribution in [0.3, 0.4) is 0 Å². The van der Waals surface area contributed by atoms with Crippen LogP contribution in [-0.4, -0.2) is 10.2 Å². The molecule has 5 heteroatoms.